The summed E-state index contributed by atoms with van der Waals surface area (Å²) in [6.07, 6.45) is 6.98. The SMILES string of the molecule is O=C(c1ccc2cc[nH]c2c1)N1CCCN(CC2CCCCO2)CC1. The first kappa shape index (κ1) is 16.6. The Labute approximate surface area is 148 Å². The number of hydrogen-bond donors (Lipinski definition) is 1. The number of rotatable bonds is 3. The summed E-state index contributed by atoms with van der Waals surface area (Å²) in [5.41, 5.74) is 1.80. The number of hydrogen-bond acceptors (Lipinski definition) is 3. The van der Waals surface area contributed by atoms with E-state index in [4.69, 9.17) is 4.74 Å². The molecule has 0 saturated carbocycles. The van der Waals surface area contributed by atoms with E-state index in [1.54, 1.807) is 0 Å². The number of carbonyl (C=O) groups is 1. The molecule has 5 heteroatoms. The van der Waals surface area contributed by atoms with Crippen LogP contribution >= 0.6 is 0 Å². The molecule has 1 unspecified atom stereocenters. The maximum Gasteiger partial charge on any atom is 0.253 e. The second-order valence-electron chi connectivity index (χ2n) is 7.21. The first-order valence-electron chi connectivity index (χ1n) is 9.50. The summed E-state index contributed by atoms with van der Waals surface area (Å²) < 4.78 is 5.87. The predicted octanol–water partition coefficient (Wildman–Crippen LogP) is 2.88. The molecule has 2 aromatic rings. The fourth-order valence-electron chi connectivity index (χ4n) is 3.96. The van der Waals surface area contributed by atoms with Crippen LogP contribution in [0.4, 0.5) is 0 Å². The van der Waals surface area contributed by atoms with Gasteiger partial charge in [0.25, 0.3) is 5.91 Å². The van der Waals surface area contributed by atoms with Gasteiger partial charge in [0.1, 0.15) is 0 Å². The van der Waals surface area contributed by atoms with Gasteiger partial charge in [-0.2, -0.15) is 0 Å². The molecule has 0 bridgehead atoms. The first-order chi connectivity index (χ1) is 12.3. The van der Waals surface area contributed by atoms with Crippen LogP contribution in [0.5, 0.6) is 0 Å². The lowest BCUT2D eigenvalue weighted by Crippen LogP contribution is -2.39. The van der Waals surface area contributed by atoms with Gasteiger partial charge in [0.05, 0.1) is 6.10 Å². The second kappa shape index (κ2) is 7.58. The summed E-state index contributed by atoms with van der Waals surface area (Å²) in [7, 11) is 0. The van der Waals surface area contributed by atoms with E-state index in [9.17, 15) is 4.79 Å². The van der Waals surface area contributed by atoms with E-state index in [0.29, 0.717) is 6.10 Å². The van der Waals surface area contributed by atoms with Crippen LogP contribution in [0.1, 0.15) is 36.0 Å². The Morgan fingerprint density at radius 1 is 1.12 bits per heavy atom. The number of carbonyl (C=O) groups excluding carboxylic acids is 1. The predicted molar refractivity (Wildman–Crippen MR) is 98.9 cm³/mol. The molecule has 0 radical (unpaired) electrons. The van der Waals surface area contributed by atoms with Crippen LogP contribution in [-0.2, 0) is 4.74 Å². The number of amides is 1. The highest BCUT2D eigenvalue weighted by atomic mass is 16.5. The van der Waals surface area contributed by atoms with E-state index < -0.39 is 0 Å². The Balaban J connectivity index is 1.37. The lowest BCUT2D eigenvalue weighted by atomic mass is 10.1. The number of aromatic amines is 1. The number of H-pyrrole nitrogens is 1. The van der Waals surface area contributed by atoms with Gasteiger partial charge in [-0.3, -0.25) is 9.69 Å². The molecule has 2 aliphatic rings. The van der Waals surface area contributed by atoms with Crippen LogP contribution in [0.2, 0.25) is 0 Å². The molecular weight excluding hydrogens is 314 g/mol. The van der Waals surface area contributed by atoms with Crippen molar-refractivity contribution in [3.63, 3.8) is 0 Å². The fourth-order valence-corrected chi connectivity index (χ4v) is 3.96. The zero-order valence-electron chi connectivity index (χ0n) is 14.7. The number of aromatic nitrogens is 1. The summed E-state index contributed by atoms with van der Waals surface area (Å²) in [5.74, 6) is 0.146. The van der Waals surface area contributed by atoms with Crippen molar-refractivity contribution in [3.05, 3.63) is 36.0 Å². The van der Waals surface area contributed by atoms with Gasteiger partial charge >= 0.3 is 0 Å². The van der Waals surface area contributed by atoms with Crippen LogP contribution < -0.4 is 0 Å². The Kier molecular flexibility index (Phi) is 5.04. The maximum atomic E-state index is 12.9. The van der Waals surface area contributed by atoms with E-state index >= 15 is 0 Å². The van der Waals surface area contributed by atoms with E-state index in [2.05, 4.69) is 9.88 Å². The van der Waals surface area contributed by atoms with Crippen LogP contribution in [0.3, 0.4) is 0 Å². The number of nitrogens with one attached hydrogen (secondary N) is 1. The number of fused-ring (bicyclic) bond motifs is 1. The molecule has 0 aliphatic carbocycles. The monoisotopic (exact) mass is 341 g/mol. The highest BCUT2D eigenvalue weighted by molar-refractivity contribution is 5.97. The van der Waals surface area contributed by atoms with Crippen LogP contribution in [0.15, 0.2) is 30.5 Å². The minimum Gasteiger partial charge on any atom is -0.377 e. The Bertz CT molecular complexity index is 721. The number of ether oxygens (including phenoxy) is 1. The molecule has 1 atom stereocenters. The molecular formula is C20H27N3O2. The van der Waals surface area contributed by atoms with E-state index in [1.165, 1.54) is 19.3 Å². The van der Waals surface area contributed by atoms with Gasteiger partial charge in [0.2, 0.25) is 0 Å². The van der Waals surface area contributed by atoms with Gasteiger partial charge in [0, 0.05) is 50.1 Å². The standard InChI is InChI=1S/C20H27N3O2/c24-20(17-6-5-16-7-8-21-19(16)14-17)23-10-3-9-22(11-12-23)15-18-4-1-2-13-25-18/h5-8,14,18,21H,1-4,9-13,15H2. The van der Waals surface area contributed by atoms with Gasteiger partial charge in [-0.25, -0.2) is 0 Å². The molecule has 2 saturated heterocycles. The molecule has 2 aliphatic heterocycles. The van der Waals surface area contributed by atoms with E-state index in [0.717, 1.165) is 62.2 Å². The molecule has 134 valence electrons. The fraction of sp³-hybridized carbons (Fsp3) is 0.550. The molecule has 1 N–H and O–H groups in total. The molecule has 25 heavy (non-hydrogen) atoms. The van der Waals surface area contributed by atoms with Crippen LogP contribution in [0.25, 0.3) is 10.9 Å². The molecule has 3 heterocycles. The van der Waals surface area contributed by atoms with Gasteiger partial charge in [-0.05, 0) is 55.8 Å². The summed E-state index contributed by atoms with van der Waals surface area (Å²) in [6.45, 7) is 5.55. The zero-order valence-corrected chi connectivity index (χ0v) is 14.7. The van der Waals surface area contributed by atoms with Crippen molar-refractivity contribution in [1.29, 1.82) is 0 Å². The summed E-state index contributed by atoms with van der Waals surface area (Å²) in [5, 5.41) is 1.14. The van der Waals surface area contributed by atoms with Gasteiger partial charge in [0.15, 0.2) is 0 Å². The molecule has 0 spiro atoms. The van der Waals surface area contributed by atoms with Crippen molar-refractivity contribution in [3.8, 4) is 0 Å². The van der Waals surface area contributed by atoms with Gasteiger partial charge in [-0.15, -0.1) is 0 Å². The molecule has 1 aromatic heterocycles. The summed E-state index contributed by atoms with van der Waals surface area (Å²) >= 11 is 0. The number of benzene rings is 1. The minimum absolute atomic E-state index is 0.146. The van der Waals surface area contributed by atoms with Crippen LogP contribution in [-0.4, -0.2) is 66.1 Å². The van der Waals surface area contributed by atoms with Crippen molar-refractivity contribution in [2.45, 2.75) is 31.8 Å². The normalized spacial score (nSPS) is 22.9. The molecule has 1 aromatic carbocycles. The highest BCUT2D eigenvalue weighted by Gasteiger charge is 2.23. The Morgan fingerprint density at radius 2 is 2.08 bits per heavy atom. The van der Waals surface area contributed by atoms with Crippen molar-refractivity contribution in [2.24, 2.45) is 0 Å². The third-order valence-electron chi connectivity index (χ3n) is 5.41. The maximum absolute atomic E-state index is 12.9. The van der Waals surface area contributed by atoms with Crippen molar-refractivity contribution in [2.75, 3.05) is 39.3 Å². The first-order valence-corrected chi connectivity index (χ1v) is 9.50. The topological polar surface area (TPSA) is 48.6 Å². The highest BCUT2D eigenvalue weighted by Crippen LogP contribution is 2.18. The van der Waals surface area contributed by atoms with Gasteiger partial charge in [-0.1, -0.05) is 6.07 Å². The van der Waals surface area contributed by atoms with Crippen molar-refractivity contribution >= 4 is 16.8 Å². The van der Waals surface area contributed by atoms with E-state index in [1.807, 2.05) is 35.4 Å². The van der Waals surface area contributed by atoms with Crippen LogP contribution in [0, 0.1) is 0 Å². The molecule has 2 fully saturated rings. The Morgan fingerprint density at radius 3 is 2.96 bits per heavy atom. The summed E-state index contributed by atoms with van der Waals surface area (Å²) in [4.78, 5) is 20.5. The largest absolute Gasteiger partial charge is 0.377 e. The summed E-state index contributed by atoms with van der Waals surface area (Å²) in [6, 6.07) is 7.96. The average molecular weight is 341 g/mol. The van der Waals surface area contributed by atoms with Gasteiger partial charge < -0.3 is 14.6 Å². The average Bonchev–Trinajstić information content (AvgIpc) is 3.00. The second-order valence-corrected chi connectivity index (χ2v) is 7.21. The number of nitrogens with zero attached hydrogens (tertiary/aromatic N) is 2. The lowest BCUT2D eigenvalue weighted by molar-refractivity contribution is -0.00491. The molecule has 5 nitrogen and oxygen atoms in total. The third-order valence-corrected chi connectivity index (χ3v) is 5.41. The lowest BCUT2D eigenvalue weighted by Gasteiger charge is -2.29. The minimum atomic E-state index is 0.146. The smallest absolute Gasteiger partial charge is 0.253 e. The van der Waals surface area contributed by atoms with Crippen molar-refractivity contribution < 1.29 is 9.53 Å². The third kappa shape index (κ3) is 3.88. The Hall–Kier alpha value is -1.85. The zero-order chi connectivity index (χ0) is 17.1. The van der Waals surface area contributed by atoms with Crippen molar-refractivity contribution in [1.82, 2.24) is 14.8 Å². The quantitative estimate of drug-likeness (QED) is 0.934. The molecule has 1 amide bonds. The molecule has 4 rings (SSSR count). The van der Waals surface area contributed by atoms with E-state index in [-0.39, 0.29) is 5.91 Å².